The Hall–Kier alpha value is -1.31. The van der Waals surface area contributed by atoms with Crippen molar-refractivity contribution >= 4 is 5.84 Å². The summed E-state index contributed by atoms with van der Waals surface area (Å²) in [7, 11) is 1.75. The molecule has 2 N–H and O–H groups in total. The van der Waals surface area contributed by atoms with E-state index in [2.05, 4.69) is 23.2 Å². The minimum Gasteiger partial charge on any atom is -0.387 e. The molecule has 2 rings (SSSR count). The molecule has 0 aliphatic heterocycles. The van der Waals surface area contributed by atoms with Gasteiger partial charge in [-0.1, -0.05) is 24.3 Å². The van der Waals surface area contributed by atoms with Crippen LogP contribution >= 0.6 is 0 Å². The lowest BCUT2D eigenvalue weighted by molar-refractivity contribution is 0.760. The molecule has 2 nitrogen and oxygen atoms in total. The number of nitrogens with two attached hydrogens (primary N) is 1. The fourth-order valence-corrected chi connectivity index (χ4v) is 1.68. The standard InChI is InChI=1S/C10H12N2/c1-12-10(11)9-6-7-4-2-3-5-8(7)9/h2-5,9H,6H2,1H3,(H2,11,12). The molecule has 2 heteroatoms. The molecule has 0 saturated carbocycles. The Balaban J connectivity index is 2.31. The van der Waals surface area contributed by atoms with Gasteiger partial charge in [-0.3, -0.25) is 4.99 Å². The van der Waals surface area contributed by atoms with Crippen molar-refractivity contribution < 1.29 is 0 Å². The quantitative estimate of drug-likeness (QED) is 0.488. The van der Waals surface area contributed by atoms with Gasteiger partial charge in [-0.2, -0.15) is 0 Å². The van der Waals surface area contributed by atoms with E-state index in [1.165, 1.54) is 11.1 Å². The molecule has 0 amide bonds. The molecule has 0 saturated heterocycles. The Morgan fingerprint density at radius 2 is 2.25 bits per heavy atom. The van der Waals surface area contributed by atoms with E-state index >= 15 is 0 Å². The zero-order chi connectivity index (χ0) is 8.55. The number of nitrogens with zero attached hydrogens (tertiary/aromatic N) is 1. The first-order valence-electron chi connectivity index (χ1n) is 4.13. The minimum atomic E-state index is 0.381. The molecule has 0 aromatic heterocycles. The van der Waals surface area contributed by atoms with E-state index in [0.29, 0.717) is 5.92 Å². The van der Waals surface area contributed by atoms with Gasteiger partial charge in [0, 0.05) is 13.0 Å². The Kier molecular flexibility index (Phi) is 1.61. The van der Waals surface area contributed by atoms with Gasteiger partial charge in [0.05, 0.1) is 0 Å². The maximum Gasteiger partial charge on any atom is 0.101 e. The summed E-state index contributed by atoms with van der Waals surface area (Å²) in [5, 5.41) is 0. The van der Waals surface area contributed by atoms with Crippen LogP contribution < -0.4 is 5.73 Å². The summed E-state index contributed by atoms with van der Waals surface area (Å²) in [5.74, 6) is 1.14. The van der Waals surface area contributed by atoms with Crippen molar-refractivity contribution in [2.45, 2.75) is 12.3 Å². The van der Waals surface area contributed by atoms with E-state index in [1.807, 2.05) is 6.07 Å². The second-order valence-corrected chi connectivity index (χ2v) is 3.10. The molecule has 12 heavy (non-hydrogen) atoms. The molecule has 0 fully saturated rings. The van der Waals surface area contributed by atoms with Gasteiger partial charge in [0.2, 0.25) is 0 Å². The van der Waals surface area contributed by atoms with Crippen molar-refractivity contribution in [3.05, 3.63) is 35.4 Å². The molecular weight excluding hydrogens is 148 g/mol. The van der Waals surface area contributed by atoms with Gasteiger partial charge in [0.15, 0.2) is 0 Å². The lowest BCUT2D eigenvalue weighted by Crippen LogP contribution is -2.30. The number of aliphatic imine (C=N–C) groups is 1. The lowest BCUT2D eigenvalue weighted by Gasteiger charge is -2.29. The number of hydrogen-bond donors (Lipinski definition) is 1. The van der Waals surface area contributed by atoms with Crippen LogP contribution in [0.3, 0.4) is 0 Å². The van der Waals surface area contributed by atoms with E-state index in [9.17, 15) is 0 Å². The van der Waals surface area contributed by atoms with Gasteiger partial charge >= 0.3 is 0 Å². The highest BCUT2D eigenvalue weighted by molar-refractivity contribution is 5.90. The number of rotatable bonds is 1. The zero-order valence-corrected chi connectivity index (χ0v) is 7.12. The van der Waals surface area contributed by atoms with Gasteiger partial charge in [-0.25, -0.2) is 0 Å². The van der Waals surface area contributed by atoms with Crippen LogP contribution in [0.5, 0.6) is 0 Å². The highest BCUT2D eigenvalue weighted by Crippen LogP contribution is 2.34. The Morgan fingerprint density at radius 3 is 2.92 bits per heavy atom. The molecule has 1 unspecified atom stereocenters. The molecular formula is C10H12N2. The first-order valence-corrected chi connectivity index (χ1v) is 4.13. The summed E-state index contributed by atoms with van der Waals surface area (Å²) in [5.41, 5.74) is 8.50. The van der Waals surface area contributed by atoms with E-state index in [-0.39, 0.29) is 0 Å². The lowest BCUT2D eigenvalue weighted by atomic mass is 9.77. The highest BCUT2D eigenvalue weighted by Gasteiger charge is 2.27. The van der Waals surface area contributed by atoms with Crippen LogP contribution in [0.4, 0.5) is 0 Å². The molecule has 1 aliphatic rings. The van der Waals surface area contributed by atoms with E-state index in [1.54, 1.807) is 7.05 Å². The van der Waals surface area contributed by atoms with Crippen molar-refractivity contribution in [2.75, 3.05) is 7.05 Å². The van der Waals surface area contributed by atoms with Gasteiger partial charge in [-0.05, 0) is 17.5 Å². The first kappa shape index (κ1) is 7.35. The fraction of sp³-hybridized carbons (Fsp3) is 0.300. The van der Waals surface area contributed by atoms with Crippen molar-refractivity contribution in [1.82, 2.24) is 0 Å². The second kappa shape index (κ2) is 2.63. The van der Waals surface area contributed by atoms with Crippen LogP contribution in [0.25, 0.3) is 0 Å². The summed E-state index contributed by atoms with van der Waals surface area (Å²) in [6.07, 6.45) is 1.05. The molecule has 1 atom stereocenters. The number of benzene rings is 1. The van der Waals surface area contributed by atoms with Gasteiger partial charge in [0.25, 0.3) is 0 Å². The van der Waals surface area contributed by atoms with Crippen LogP contribution in [-0.2, 0) is 6.42 Å². The zero-order valence-electron chi connectivity index (χ0n) is 7.12. The molecule has 62 valence electrons. The maximum atomic E-state index is 5.74. The number of hydrogen-bond acceptors (Lipinski definition) is 1. The third-order valence-corrected chi connectivity index (χ3v) is 2.47. The van der Waals surface area contributed by atoms with Crippen molar-refractivity contribution in [3.8, 4) is 0 Å². The number of amidine groups is 1. The Labute approximate surface area is 72.1 Å². The summed E-state index contributed by atoms with van der Waals surface area (Å²) in [6, 6.07) is 8.39. The van der Waals surface area contributed by atoms with Crippen molar-refractivity contribution in [2.24, 2.45) is 10.7 Å². The molecule has 0 bridgehead atoms. The van der Waals surface area contributed by atoms with E-state index in [4.69, 9.17) is 5.73 Å². The Bertz CT molecular complexity index is 328. The smallest absolute Gasteiger partial charge is 0.101 e. The third kappa shape index (κ3) is 0.916. The van der Waals surface area contributed by atoms with Crippen LogP contribution in [0, 0.1) is 0 Å². The summed E-state index contributed by atoms with van der Waals surface area (Å²) >= 11 is 0. The second-order valence-electron chi connectivity index (χ2n) is 3.10. The topological polar surface area (TPSA) is 38.4 Å². The molecule has 1 aromatic carbocycles. The minimum absolute atomic E-state index is 0.381. The molecule has 0 radical (unpaired) electrons. The monoisotopic (exact) mass is 160 g/mol. The molecule has 1 aromatic rings. The molecule has 1 aliphatic carbocycles. The van der Waals surface area contributed by atoms with E-state index in [0.717, 1.165) is 12.3 Å². The largest absolute Gasteiger partial charge is 0.387 e. The summed E-state index contributed by atoms with van der Waals surface area (Å²) in [4.78, 5) is 4.00. The molecule has 0 heterocycles. The highest BCUT2D eigenvalue weighted by atomic mass is 14.8. The normalized spacial score (nSPS) is 21.4. The van der Waals surface area contributed by atoms with Crippen LogP contribution in [0.2, 0.25) is 0 Å². The predicted molar refractivity (Wildman–Crippen MR) is 50.4 cm³/mol. The summed E-state index contributed by atoms with van der Waals surface area (Å²) < 4.78 is 0. The fourth-order valence-electron chi connectivity index (χ4n) is 1.68. The third-order valence-electron chi connectivity index (χ3n) is 2.47. The first-order chi connectivity index (χ1) is 5.83. The van der Waals surface area contributed by atoms with Crippen molar-refractivity contribution in [1.29, 1.82) is 0 Å². The maximum absolute atomic E-state index is 5.74. The van der Waals surface area contributed by atoms with E-state index < -0.39 is 0 Å². The average Bonchev–Trinajstić information content (AvgIpc) is 2.07. The van der Waals surface area contributed by atoms with Crippen LogP contribution in [0.1, 0.15) is 17.0 Å². The molecule has 0 spiro atoms. The SMILES string of the molecule is CN=C(N)C1Cc2ccccc21. The van der Waals surface area contributed by atoms with Crippen LogP contribution in [0.15, 0.2) is 29.3 Å². The van der Waals surface area contributed by atoms with Gasteiger partial charge in [-0.15, -0.1) is 0 Å². The average molecular weight is 160 g/mol. The number of fused-ring (bicyclic) bond motifs is 1. The Morgan fingerprint density at radius 1 is 1.50 bits per heavy atom. The van der Waals surface area contributed by atoms with Gasteiger partial charge in [0.1, 0.15) is 5.84 Å². The summed E-state index contributed by atoms with van der Waals surface area (Å²) in [6.45, 7) is 0. The predicted octanol–water partition coefficient (Wildman–Crippen LogP) is 1.31. The van der Waals surface area contributed by atoms with Crippen LogP contribution in [-0.4, -0.2) is 12.9 Å². The van der Waals surface area contributed by atoms with Crippen molar-refractivity contribution in [3.63, 3.8) is 0 Å². The van der Waals surface area contributed by atoms with Gasteiger partial charge < -0.3 is 5.73 Å².